The number of hydrogen-bond acceptors (Lipinski definition) is 4. The number of carbonyl (C=O) groups excluding carboxylic acids is 2. The van der Waals surface area contributed by atoms with Crippen LogP contribution in [0.2, 0.25) is 5.02 Å². The Bertz CT molecular complexity index is 450. The summed E-state index contributed by atoms with van der Waals surface area (Å²) in [7, 11) is 2.67. The molecule has 6 heteroatoms. The molecule has 0 spiro atoms. The fraction of sp³-hybridized carbons (Fsp3) is 0.385. The summed E-state index contributed by atoms with van der Waals surface area (Å²) in [4.78, 5) is 23.1. The van der Waals surface area contributed by atoms with Crippen molar-refractivity contribution in [1.82, 2.24) is 5.32 Å². The molecule has 0 saturated heterocycles. The molecule has 1 amide bonds. The Balaban J connectivity index is 2.78. The smallest absolute Gasteiger partial charge is 0.328 e. The van der Waals surface area contributed by atoms with Crippen LogP contribution in [-0.2, 0) is 25.5 Å². The van der Waals surface area contributed by atoms with Crippen molar-refractivity contribution in [2.45, 2.75) is 12.5 Å². The van der Waals surface area contributed by atoms with Crippen LogP contribution >= 0.6 is 11.6 Å². The molecule has 0 bridgehead atoms. The number of carbonyl (C=O) groups is 2. The van der Waals surface area contributed by atoms with Crippen LogP contribution in [0.1, 0.15) is 5.56 Å². The monoisotopic (exact) mass is 285 g/mol. The van der Waals surface area contributed by atoms with Crippen molar-refractivity contribution in [3.63, 3.8) is 0 Å². The highest BCUT2D eigenvalue weighted by Crippen LogP contribution is 2.17. The third-order valence-corrected chi connectivity index (χ3v) is 2.85. The van der Waals surface area contributed by atoms with E-state index in [0.717, 1.165) is 5.56 Å². The largest absolute Gasteiger partial charge is 0.467 e. The summed E-state index contributed by atoms with van der Waals surface area (Å²) >= 11 is 6.02. The molecule has 0 fully saturated rings. The first-order chi connectivity index (χ1) is 9.08. The van der Waals surface area contributed by atoms with Gasteiger partial charge in [-0.1, -0.05) is 29.8 Å². The maximum Gasteiger partial charge on any atom is 0.328 e. The standard InChI is InChI=1S/C13H16ClNO4/c1-18-8-12(16)15-11(13(17)19-2)7-9-5-3-4-6-10(9)14/h3-6,11H,7-8H2,1-2H3,(H,15,16)/t11-/m0/s1. The van der Waals surface area contributed by atoms with Crippen LogP contribution < -0.4 is 5.32 Å². The third-order valence-electron chi connectivity index (χ3n) is 2.48. The van der Waals surface area contributed by atoms with Gasteiger partial charge in [-0.15, -0.1) is 0 Å². The van der Waals surface area contributed by atoms with Gasteiger partial charge in [0.15, 0.2) is 0 Å². The molecule has 0 aliphatic rings. The van der Waals surface area contributed by atoms with Gasteiger partial charge in [0.05, 0.1) is 7.11 Å². The minimum atomic E-state index is -0.785. The van der Waals surface area contributed by atoms with Gasteiger partial charge < -0.3 is 14.8 Å². The fourth-order valence-electron chi connectivity index (χ4n) is 1.59. The van der Waals surface area contributed by atoms with Crippen molar-refractivity contribution in [2.75, 3.05) is 20.8 Å². The molecule has 0 heterocycles. The van der Waals surface area contributed by atoms with E-state index in [0.29, 0.717) is 5.02 Å². The predicted octanol–water partition coefficient (Wildman–Crippen LogP) is 1.19. The van der Waals surface area contributed by atoms with E-state index >= 15 is 0 Å². The Hall–Kier alpha value is -1.59. The molecule has 0 radical (unpaired) electrons. The van der Waals surface area contributed by atoms with Crippen LogP contribution in [0.5, 0.6) is 0 Å². The summed E-state index contributed by atoms with van der Waals surface area (Å²) in [6.45, 7) is -0.115. The fourth-order valence-corrected chi connectivity index (χ4v) is 1.80. The lowest BCUT2D eigenvalue weighted by Crippen LogP contribution is -2.44. The Labute approximate surface area is 116 Å². The molecule has 1 aromatic rings. The molecule has 0 saturated carbocycles. The van der Waals surface area contributed by atoms with E-state index in [1.165, 1.54) is 14.2 Å². The van der Waals surface area contributed by atoms with Gasteiger partial charge >= 0.3 is 5.97 Å². The lowest BCUT2D eigenvalue weighted by molar-refractivity contribution is -0.145. The zero-order valence-corrected chi connectivity index (χ0v) is 11.6. The molecule has 0 unspecified atom stereocenters. The van der Waals surface area contributed by atoms with Crippen molar-refractivity contribution in [2.24, 2.45) is 0 Å². The van der Waals surface area contributed by atoms with E-state index in [1.807, 2.05) is 6.07 Å². The summed E-state index contributed by atoms with van der Waals surface area (Å²) in [5.41, 5.74) is 0.761. The topological polar surface area (TPSA) is 64.6 Å². The first-order valence-corrected chi connectivity index (χ1v) is 6.05. The van der Waals surface area contributed by atoms with Gasteiger partial charge in [0, 0.05) is 18.6 Å². The number of halogens is 1. The molecule has 1 atom stereocenters. The number of amides is 1. The second-order valence-electron chi connectivity index (χ2n) is 3.87. The molecule has 19 heavy (non-hydrogen) atoms. The molecular weight excluding hydrogens is 270 g/mol. The highest BCUT2D eigenvalue weighted by molar-refractivity contribution is 6.31. The number of nitrogens with one attached hydrogen (secondary N) is 1. The van der Waals surface area contributed by atoms with Crippen molar-refractivity contribution in [1.29, 1.82) is 0 Å². The SMILES string of the molecule is COCC(=O)N[C@@H](Cc1ccccc1Cl)C(=O)OC. The molecule has 0 aliphatic carbocycles. The number of hydrogen-bond donors (Lipinski definition) is 1. The van der Waals surface area contributed by atoms with E-state index in [2.05, 4.69) is 10.1 Å². The van der Waals surface area contributed by atoms with Crippen molar-refractivity contribution in [3.8, 4) is 0 Å². The van der Waals surface area contributed by atoms with E-state index in [1.54, 1.807) is 18.2 Å². The quantitative estimate of drug-likeness (QED) is 0.798. The number of methoxy groups -OCH3 is 2. The number of ether oxygens (including phenoxy) is 2. The lowest BCUT2D eigenvalue weighted by Gasteiger charge is -2.17. The summed E-state index contributed by atoms with van der Waals surface area (Å²) in [5.74, 6) is -0.908. The molecule has 1 rings (SSSR count). The number of esters is 1. The Morgan fingerprint density at radius 2 is 2.00 bits per heavy atom. The van der Waals surface area contributed by atoms with E-state index in [4.69, 9.17) is 16.3 Å². The average Bonchev–Trinajstić information content (AvgIpc) is 2.39. The van der Waals surface area contributed by atoms with Crippen LogP contribution in [0.25, 0.3) is 0 Å². The molecular formula is C13H16ClNO4. The van der Waals surface area contributed by atoms with Crippen molar-refractivity contribution >= 4 is 23.5 Å². The van der Waals surface area contributed by atoms with Gasteiger partial charge in [-0.05, 0) is 11.6 Å². The van der Waals surface area contributed by atoms with Crippen LogP contribution in [0.4, 0.5) is 0 Å². The average molecular weight is 286 g/mol. The molecule has 104 valence electrons. The summed E-state index contributed by atoms with van der Waals surface area (Å²) in [5, 5.41) is 3.09. The normalized spacial score (nSPS) is 11.7. The van der Waals surface area contributed by atoms with Crippen LogP contribution in [0.15, 0.2) is 24.3 Å². The van der Waals surface area contributed by atoms with Crippen LogP contribution in [-0.4, -0.2) is 38.7 Å². The maximum absolute atomic E-state index is 11.6. The molecule has 0 aromatic heterocycles. The third kappa shape index (κ3) is 4.89. The second kappa shape index (κ2) is 7.76. The molecule has 1 N–H and O–H groups in total. The van der Waals surface area contributed by atoms with E-state index in [-0.39, 0.29) is 18.9 Å². The highest BCUT2D eigenvalue weighted by Gasteiger charge is 2.22. The summed E-state index contributed by atoms with van der Waals surface area (Å²) in [6.07, 6.45) is 0.266. The van der Waals surface area contributed by atoms with Gasteiger partial charge in [-0.2, -0.15) is 0 Å². The number of rotatable bonds is 6. The molecule has 5 nitrogen and oxygen atoms in total. The van der Waals surface area contributed by atoms with Crippen molar-refractivity contribution < 1.29 is 19.1 Å². The van der Waals surface area contributed by atoms with Gasteiger partial charge in [0.1, 0.15) is 12.6 Å². The van der Waals surface area contributed by atoms with Gasteiger partial charge in [0.2, 0.25) is 5.91 Å². The zero-order chi connectivity index (χ0) is 14.3. The lowest BCUT2D eigenvalue weighted by atomic mass is 10.1. The predicted molar refractivity (Wildman–Crippen MR) is 71.0 cm³/mol. The first-order valence-electron chi connectivity index (χ1n) is 5.68. The van der Waals surface area contributed by atoms with Gasteiger partial charge in [-0.3, -0.25) is 4.79 Å². The first kappa shape index (κ1) is 15.5. The Kier molecular flexibility index (Phi) is 6.32. The Morgan fingerprint density at radius 1 is 1.32 bits per heavy atom. The zero-order valence-electron chi connectivity index (χ0n) is 10.8. The summed E-state index contributed by atoms with van der Waals surface area (Å²) < 4.78 is 9.37. The van der Waals surface area contributed by atoms with Crippen LogP contribution in [0, 0.1) is 0 Å². The minimum absolute atomic E-state index is 0.115. The van der Waals surface area contributed by atoms with E-state index in [9.17, 15) is 9.59 Å². The second-order valence-corrected chi connectivity index (χ2v) is 4.28. The summed E-state index contributed by atoms with van der Waals surface area (Å²) in [6, 6.07) is 6.34. The maximum atomic E-state index is 11.6. The molecule has 0 aliphatic heterocycles. The number of benzene rings is 1. The van der Waals surface area contributed by atoms with Crippen molar-refractivity contribution in [3.05, 3.63) is 34.9 Å². The van der Waals surface area contributed by atoms with Crippen LogP contribution in [0.3, 0.4) is 0 Å². The van der Waals surface area contributed by atoms with Gasteiger partial charge in [0.25, 0.3) is 0 Å². The molecule has 1 aromatic carbocycles. The van der Waals surface area contributed by atoms with E-state index < -0.39 is 12.0 Å². The minimum Gasteiger partial charge on any atom is -0.467 e. The Morgan fingerprint density at radius 3 is 2.58 bits per heavy atom. The van der Waals surface area contributed by atoms with Gasteiger partial charge in [-0.25, -0.2) is 4.79 Å². The highest BCUT2D eigenvalue weighted by atomic mass is 35.5.